The molecule has 0 aromatic rings. The molecule has 1 saturated carbocycles. The van der Waals surface area contributed by atoms with E-state index in [1.807, 2.05) is 0 Å². The second-order valence-electron chi connectivity index (χ2n) is 5.74. The molecule has 100 valence electrons. The van der Waals surface area contributed by atoms with Gasteiger partial charge in [-0.25, -0.2) is 0 Å². The van der Waals surface area contributed by atoms with Crippen LogP contribution in [-0.4, -0.2) is 36.5 Å². The maximum atomic E-state index is 9.75. The van der Waals surface area contributed by atoms with Crippen LogP contribution >= 0.6 is 0 Å². The highest BCUT2D eigenvalue weighted by Gasteiger charge is 2.32. The Hall–Kier alpha value is -0.120. The molecule has 0 aromatic heterocycles. The third kappa shape index (κ3) is 3.94. The van der Waals surface area contributed by atoms with Crippen LogP contribution in [0, 0.1) is 0 Å². The molecule has 2 fully saturated rings. The van der Waals surface area contributed by atoms with Gasteiger partial charge in [0, 0.05) is 24.8 Å². The van der Waals surface area contributed by atoms with Gasteiger partial charge in [-0.05, 0) is 32.1 Å². The summed E-state index contributed by atoms with van der Waals surface area (Å²) in [4.78, 5) is 0. The van der Waals surface area contributed by atoms with Gasteiger partial charge in [0.05, 0.1) is 6.61 Å². The van der Waals surface area contributed by atoms with Gasteiger partial charge in [0.25, 0.3) is 0 Å². The van der Waals surface area contributed by atoms with Crippen LogP contribution in [0.5, 0.6) is 0 Å². The van der Waals surface area contributed by atoms with E-state index in [1.165, 1.54) is 38.5 Å². The molecule has 0 spiro atoms. The summed E-state index contributed by atoms with van der Waals surface area (Å²) in [5.41, 5.74) is -0.0640. The minimum absolute atomic E-state index is 0.0640. The summed E-state index contributed by atoms with van der Waals surface area (Å²) in [6.07, 6.45) is 11.1. The fourth-order valence-corrected chi connectivity index (χ4v) is 3.21. The second kappa shape index (κ2) is 6.72. The van der Waals surface area contributed by atoms with Gasteiger partial charge in [-0.1, -0.05) is 25.7 Å². The summed E-state index contributed by atoms with van der Waals surface area (Å²) >= 11 is 0. The van der Waals surface area contributed by atoms with E-state index in [0.717, 1.165) is 32.5 Å². The molecule has 1 aliphatic carbocycles. The fraction of sp³-hybridized carbons (Fsp3) is 1.00. The Morgan fingerprint density at radius 2 is 1.76 bits per heavy atom. The lowest BCUT2D eigenvalue weighted by Crippen LogP contribution is -2.53. The van der Waals surface area contributed by atoms with Crippen LogP contribution in [0.1, 0.15) is 57.8 Å². The number of ether oxygens (including phenoxy) is 1. The van der Waals surface area contributed by atoms with Gasteiger partial charge in [-0.3, -0.25) is 0 Å². The molecule has 2 rings (SSSR count). The van der Waals surface area contributed by atoms with Gasteiger partial charge < -0.3 is 15.2 Å². The predicted molar refractivity (Wildman–Crippen MR) is 69.1 cm³/mol. The zero-order valence-electron chi connectivity index (χ0n) is 10.9. The van der Waals surface area contributed by atoms with E-state index >= 15 is 0 Å². The van der Waals surface area contributed by atoms with Gasteiger partial charge >= 0.3 is 0 Å². The van der Waals surface area contributed by atoms with Crippen molar-refractivity contribution in [2.24, 2.45) is 0 Å². The fourth-order valence-electron chi connectivity index (χ4n) is 3.21. The first-order valence-corrected chi connectivity index (χ1v) is 7.31. The maximum Gasteiger partial charge on any atom is 0.0614 e. The molecule has 0 bridgehead atoms. The monoisotopic (exact) mass is 241 g/mol. The lowest BCUT2D eigenvalue weighted by Gasteiger charge is -2.35. The molecule has 2 aliphatic rings. The van der Waals surface area contributed by atoms with Crippen molar-refractivity contribution in [3.63, 3.8) is 0 Å². The number of aliphatic hydroxyl groups is 1. The first kappa shape index (κ1) is 13.3. The Balaban J connectivity index is 1.91. The summed E-state index contributed by atoms with van der Waals surface area (Å²) in [5.74, 6) is 0. The molecular weight excluding hydrogens is 214 g/mol. The number of rotatable bonds is 3. The zero-order valence-corrected chi connectivity index (χ0v) is 10.9. The van der Waals surface area contributed by atoms with E-state index in [-0.39, 0.29) is 12.1 Å². The molecule has 1 atom stereocenters. The van der Waals surface area contributed by atoms with Gasteiger partial charge in [0.2, 0.25) is 0 Å². The van der Waals surface area contributed by atoms with E-state index in [2.05, 4.69) is 5.32 Å². The molecule has 3 heteroatoms. The molecule has 3 nitrogen and oxygen atoms in total. The van der Waals surface area contributed by atoms with Crippen molar-refractivity contribution in [1.82, 2.24) is 5.32 Å². The van der Waals surface area contributed by atoms with Crippen LogP contribution in [0.25, 0.3) is 0 Å². The topological polar surface area (TPSA) is 41.5 Å². The highest BCUT2D eigenvalue weighted by molar-refractivity contribution is 4.92. The second-order valence-corrected chi connectivity index (χ2v) is 5.74. The van der Waals surface area contributed by atoms with Crippen molar-refractivity contribution in [2.45, 2.75) is 69.4 Å². The first-order valence-electron chi connectivity index (χ1n) is 7.31. The highest BCUT2D eigenvalue weighted by Crippen LogP contribution is 2.25. The minimum Gasteiger partial charge on any atom is -0.394 e. The molecule has 17 heavy (non-hydrogen) atoms. The molecule has 0 aromatic carbocycles. The van der Waals surface area contributed by atoms with Crippen molar-refractivity contribution in [3.05, 3.63) is 0 Å². The normalized spacial score (nSPS) is 33.0. The summed E-state index contributed by atoms with van der Waals surface area (Å²) in [7, 11) is 0. The molecule has 0 amide bonds. The number of nitrogens with one attached hydrogen (secondary N) is 1. The van der Waals surface area contributed by atoms with Crippen LogP contribution in [0.2, 0.25) is 0 Å². The smallest absolute Gasteiger partial charge is 0.0614 e. The van der Waals surface area contributed by atoms with Crippen molar-refractivity contribution >= 4 is 0 Å². The molecule has 1 aliphatic heterocycles. The lowest BCUT2D eigenvalue weighted by atomic mass is 9.89. The van der Waals surface area contributed by atoms with Crippen molar-refractivity contribution in [1.29, 1.82) is 0 Å². The quantitative estimate of drug-likeness (QED) is 0.745. The molecule has 2 N–H and O–H groups in total. The van der Waals surface area contributed by atoms with E-state index in [4.69, 9.17) is 4.74 Å². The third-order valence-corrected chi connectivity index (χ3v) is 4.34. The van der Waals surface area contributed by atoms with Gasteiger partial charge in [-0.2, -0.15) is 0 Å². The van der Waals surface area contributed by atoms with Gasteiger partial charge in [0.15, 0.2) is 0 Å². The largest absolute Gasteiger partial charge is 0.394 e. The summed E-state index contributed by atoms with van der Waals surface area (Å²) in [6.45, 7) is 1.90. The van der Waals surface area contributed by atoms with Crippen molar-refractivity contribution in [3.8, 4) is 0 Å². The van der Waals surface area contributed by atoms with Crippen molar-refractivity contribution in [2.75, 3.05) is 19.8 Å². The summed E-state index contributed by atoms with van der Waals surface area (Å²) < 4.78 is 5.51. The zero-order chi connectivity index (χ0) is 12.0. The Labute approximate surface area is 105 Å². The Kier molecular flexibility index (Phi) is 5.26. The summed E-state index contributed by atoms with van der Waals surface area (Å²) in [6, 6.07) is 0.614. The van der Waals surface area contributed by atoms with E-state index < -0.39 is 0 Å². The number of aliphatic hydroxyl groups excluding tert-OH is 1. The maximum absolute atomic E-state index is 9.75. The Morgan fingerprint density at radius 1 is 1.00 bits per heavy atom. The van der Waals surface area contributed by atoms with Gasteiger partial charge in [0.1, 0.15) is 0 Å². The average molecular weight is 241 g/mol. The van der Waals surface area contributed by atoms with Gasteiger partial charge in [-0.15, -0.1) is 0 Å². The highest BCUT2D eigenvalue weighted by atomic mass is 16.5. The standard InChI is InChI=1S/C14H27NO2/c16-12-14(8-5-10-17-11-9-14)15-13-6-3-1-2-4-7-13/h13,15-16H,1-12H2. The average Bonchev–Trinajstić information content (AvgIpc) is 2.73. The molecule has 1 heterocycles. The van der Waals surface area contributed by atoms with E-state index in [9.17, 15) is 5.11 Å². The minimum atomic E-state index is -0.0640. The molecule has 0 radical (unpaired) electrons. The molecule has 1 unspecified atom stereocenters. The molecular formula is C14H27NO2. The van der Waals surface area contributed by atoms with Crippen LogP contribution < -0.4 is 5.32 Å². The van der Waals surface area contributed by atoms with Crippen LogP contribution in [-0.2, 0) is 4.74 Å². The SMILES string of the molecule is OCC1(NC2CCCCCC2)CCCOCC1. The predicted octanol–water partition coefficient (Wildman–Crippen LogP) is 2.23. The van der Waals surface area contributed by atoms with Crippen LogP contribution in [0.4, 0.5) is 0 Å². The Bertz CT molecular complexity index is 204. The number of hydrogen-bond acceptors (Lipinski definition) is 3. The van der Waals surface area contributed by atoms with Crippen LogP contribution in [0.15, 0.2) is 0 Å². The number of hydrogen-bond donors (Lipinski definition) is 2. The van der Waals surface area contributed by atoms with Crippen molar-refractivity contribution < 1.29 is 9.84 Å². The lowest BCUT2D eigenvalue weighted by molar-refractivity contribution is 0.105. The van der Waals surface area contributed by atoms with E-state index in [1.54, 1.807) is 0 Å². The van der Waals surface area contributed by atoms with Crippen LogP contribution in [0.3, 0.4) is 0 Å². The Morgan fingerprint density at radius 3 is 2.47 bits per heavy atom. The van der Waals surface area contributed by atoms with E-state index in [0.29, 0.717) is 6.04 Å². The first-order chi connectivity index (χ1) is 8.35. The summed E-state index contributed by atoms with van der Waals surface area (Å²) in [5, 5.41) is 13.5. The molecule has 1 saturated heterocycles. The third-order valence-electron chi connectivity index (χ3n) is 4.34.